The zero-order valence-electron chi connectivity index (χ0n) is 11.8. The van der Waals surface area contributed by atoms with Crippen LogP contribution in [0.4, 0.5) is 0 Å². The van der Waals surface area contributed by atoms with E-state index in [-0.39, 0.29) is 0 Å². The first-order valence-corrected chi connectivity index (χ1v) is 7.56. The summed E-state index contributed by atoms with van der Waals surface area (Å²) in [5.41, 5.74) is 7.73. The minimum absolute atomic E-state index is 0.382. The predicted octanol–water partition coefficient (Wildman–Crippen LogP) is 3.76. The number of hydrogen-bond acceptors (Lipinski definition) is 3. The minimum atomic E-state index is 0.382. The Labute approximate surface area is 124 Å². The molecular formula is C17H19NOS. The third-order valence-electron chi connectivity index (χ3n) is 2.99. The molecule has 3 heteroatoms. The van der Waals surface area contributed by atoms with Gasteiger partial charge in [-0.3, -0.25) is 0 Å². The van der Waals surface area contributed by atoms with Crippen molar-refractivity contribution in [3.05, 3.63) is 51.7 Å². The Bertz CT molecular complexity index is 602. The van der Waals surface area contributed by atoms with Crippen LogP contribution in [0, 0.1) is 11.8 Å². The molecule has 2 rings (SSSR count). The van der Waals surface area contributed by atoms with E-state index in [1.54, 1.807) is 11.3 Å². The number of hydrogen-bond donors (Lipinski definition) is 1. The van der Waals surface area contributed by atoms with Crippen molar-refractivity contribution >= 4 is 11.3 Å². The van der Waals surface area contributed by atoms with Crippen molar-refractivity contribution in [2.75, 3.05) is 6.54 Å². The van der Waals surface area contributed by atoms with Gasteiger partial charge in [0, 0.05) is 5.56 Å². The Hall–Kier alpha value is -1.76. The molecule has 0 saturated heterocycles. The molecule has 20 heavy (non-hydrogen) atoms. The molecule has 1 aromatic carbocycles. The van der Waals surface area contributed by atoms with Crippen LogP contribution in [0.5, 0.6) is 5.75 Å². The Morgan fingerprint density at radius 1 is 1.20 bits per heavy atom. The number of benzene rings is 1. The van der Waals surface area contributed by atoms with Gasteiger partial charge in [-0.15, -0.1) is 11.3 Å². The highest BCUT2D eigenvalue weighted by Gasteiger charge is 2.04. The molecule has 0 atom stereocenters. The lowest BCUT2D eigenvalue weighted by atomic mass is 10.0. The summed E-state index contributed by atoms with van der Waals surface area (Å²) >= 11 is 1.66. The topological polar surface area (TPSA) is 35.2 Å². The molecule has 0 aliphatic carbocycles. The molecule has 0 spiro atoms. The van der Waals surface area contributed by atoms with Crippen molar-refractivity contribution in [1.82, 2.24) is 0 Å². The maximum Gasteiger partial charge on any atom is 0.124 e. The van der Waals surface area contributed by atoms with E-state index in [1.807, 2.05) is 23.6 Å². The quantitative estimate of drug-likeness (QED) is 0.868. The molecule has 2 nitrogen and oxygen atoms in total. The van der Waals surface area contributed by atoms with Gasteiger partial charge in [-0.1, -0.05) is 37.8 Å². The lowest BCUT2D eigenvalue weighted by Gasteiger charge is -2.08. The van der Waals surface area contributed by atoms with Crippen LogP contribution in [0.25, 0.3) is 0 Å². The van der Waals surface area contributed by atoms with Gasteiger partial charge in [0.2, 0.25) is 0 Å². The second-order valence-electron chi connectivity index (χ2n) is 4.78. The van der Waals surface area contributed by atoms with E-state index >= 15 is 0 Å². The second-order valence-corrected chi connectivity index (χ2v) is 5.78. The number of nitrogens with two attached hydrogens (primary N) is 1. The maximum atomic E-state index is 5.82. The van der Waals surface area contributed by atoms with Gasteiger partial charge in [0.25, 0.3) is 0 Å². The molecule has 104 valence electrons. The molecule has 1 aromatic heterocycles. The van der Waals surface area contributed by atoms with E-state index in [9.17, 15) is 0 Å². The normalized spacial score (nSPS) is 10.2. The van der Waals surface area contributed by atoms with Crippen LogP contribution in [0.15, 0.2) is 35.7 Å². The zero-order valence-corrected chi connectivity index (χ0v) is 12.7. The summed E-state index contributed by atoms with van der Waals surface area (Å²) in [5, 5.41) is 2.03. The molecule has 2 aromatic rings. The molecule has 2 N–H and O–H groups in total. The van der Waals surface area contributed by atoms with Crippen LogP contribution in [-0.4, -0.2) is 6.54 Å². The van der Waals surface area contributed by atoms with Crippen molar-refractivity contribution in [3.8, 4) is 17.6 Å². The first kappa shape index (κ1) is 14.6. The smallest absolute Gasteiger partial charge is 0.124 e. The molecule has 1 heterocycles. The highest BCUT2D eigenvalue weighted by Crippen LogP contribution is 2.21. The number of rotatable bonds is 4. The van der Waals surface area contributed by atoms with Crippen molar-refractivity contribution in [3.63, 3.8) is 0 Å². The van der Waals surface area contributed by atoms with E-state index in [1.165, 1.54) is 5.56 Å². The van der Waals surface area contributed by atoms with Gasteiger partial charge in [0.1, 0.15) is 12.4 Å². The Kier molecular flexibility index (Phi) is 5.23. The minimum Gasteiger partial charge on any atom is -0.488 e. The van der Waals surface area contributed by atoms with Gasteiger partial charge in [-0.05, 0) is 35.1 Å². The first-order chi connectivity index (χ1) is 9.70. The van der Waals surface area contributed by atoms with Crippen LogP contribution < -0.4 is 10.5 Å². The first-order valence-electron chi connectivity index (χ1n) is 6.68. The predicted molar refractivity (Wildman–Crippen MR) is 85.1 cm³/mol. The van der Waals surface area contributed by atoms with Crippen LogP contribution in [0.3, 0.4) is 0 Å². The monoisotopic (exact) mass is 285 g/mol. The summed E-state index contributed by atoms with van der Waals surface area (Å²) in [6.07, 6.45) is 0. The third-order valence-corrected chi connectivity index (χ3v) is 3.88. The van der Waals surface area contributed by atoms with Crippen molar-refractivity contribution < 1.29 is 4.74 Å². The van der Waals surface area contributed by atoms with Crippen LogP contribution in [-0.2, 0) is 6.61 Å². The molecule has 0 unspecified atom stereocenters. The highest BCUT2D eigenvalue weighted by atomic mass is 32.1. The van der Waals surface area contributed by atoms with Gasteiger partial charge in [-0.2, -0.15) is 0 Å². The molecular weight excluding hydrogens is 266 g/mol. The summed E-state index contributed by atoms with van der Waals surface area (Å²) in [4.78, 5) is 1.14. The lowest BCUT2D eigenvalue weighted by molar-refractivity contribution is 0.309. The van der Waals surface area contributed by atoms with Crippen LogP contribution in [0.1, 0.15) is 35.8 Å². The zero-order chi connectivity index (χ0) is 14.4. The van der Waals surface area contributed by atoms with Gasteiger partial charge in [0.15, 0.2) is 0 Å². The van der Waals surface area contributed by atoms with E-state index in [4.69, 9.17) is 10.5 Å². The van der Waals surface area contributed by atoms with E-state index in [0.717, 1.165) is 16.2 Å². The Morgan fingerprint density at radius 3 is 2.60 bits per heavy atom. The maximum absolute atomic E-state index is 5.82. The van der Waals surface area contributed by atoms with E-state index in [0.29, 0.717) is 19.1 Å². The summed E-state index contributed by atoms with van der Waals surface area (Å²) < 4.78 is 5.82. The average molecular weight is 285 g/mol. The fraction of sp³-hybridized carbons (Fsp3) is 0.294. The fourth-order valence-corrected chi connectivity index (χ4v) is 2.55. The fourth-order valence-electron chi connectivity index (χ4n) is 1.81. The standard InChI is InChI=1S/C17H19NOS/c1-13(2)14-5-7-16(8-6-14)19-12-17-15(4-3-10-18)9-11-20-17/h5-9,11,13H,10,12,18H2,1-2H3. The average Bonchev–Trinajstić information content (AvgIpc) is 2.90. The highest BCUT2D eigenvalue weighted by molar-refractivity contribution is 7.10. The summed E-state index contributed by atoms with van der Waals surface area (Å²) in [6, 6.07) is 10.3. The molecule has 0 aliphatic rings. The van der Waals surface area contributed by atoms with Crippen molar-refractivity contribution in [2.24, 2.45) is 5.73 Å². The number of ether oxygens (including phenoxy) is 1. The Balaban J connectivity index is 2.00. The molecule has 0 saturated carbocycles. The number of thiophene rings is 1. The van der Waals surface area contributed by atoms with Gasteiger partial charge in [0.05, 0.1) is 11.4 Å². The summed E-state index contributed by atoms with van der Waals surface area (Å²) in [5.74, 6) is 7.38. The third kappa shape index (κ3) is 3.86. The van der Waals surface area contributed by atoms with Gasteiger partial charge in [-0.25, -0.2) is 0 Å². The lowest BCUT2D eigenvalue weighted by Crippen LogP contribution is -1.96. The summed E-state index contributed by atoms with van der Waals surface area (Å²) in [6.45, 7) is 5.30. The Morgan fingerprint density at radius 2 is 1.95 bits per heavy atom. The molecule has 0 radical (unpaired) electrons. The molecule has 0 aliphatic heterocycles. The van der Waals surface area contributed by atoms with Crippen LogP contribution in [0.2, 0.25) is 0 Å². The SMILES string of the molecule is CC(C)c1ccc(OCc2sccc2C#CCN)cc1. The van der Waals surface area contributed by atoms with E-state index in [2.05, 4.69) is 37.8 Å². The molecule has 0 bridgehead atoms. The van der Waals surface area contributed by atoms with Gasteiger partial charge >= 0.3 is 0 Å². The largest absolute Gasteiger partial charge is 0.488 e. The van der Waals surface area contributed by atoms with Crippen molar-refractivity contribution in [1.29, 1.82) is 0 Å². The van der Waals surface area contributed by atoms with E-state index < -0.39 is 0 Å². The molecule has 0 fully saturated rings. The molecule has 0 amide bonds. The van der Waals surface area contributed by atoms with Gasteiger partial charge < -0.3 is 10.5 Å². The second kappa shape index (κ2) is 7.14. The van der Waals surface area contributed by atoms with Crippen LogP contribution >= 0.6 is 11.3 Å². The summed E-state index contributed by atoms with van der Waals surface area (Å²) in [7, 11) is 0. The van der Waals surface area contributed by atoms with Crippen molar-refractivity contribution in [2.45, 2.75) is 26.4 Å².